The Hall–Kier alpha value is -1.37. The number of aliphatic hydroxyl groups excluding tert-OH is 1. The van der Waals surface area contributed by atoms with Crippen LogP contribution in [-0.2, 0) is 0 Å². The Bertz CT molecular complexity index is 571. The van der Waals surface area contributed by atoms with E-state index in [0.717, 1.165) is 5.56 Å². The van der Waals surface area contributed by atoms with Crippen LogP contribution in [0.3, 0.4) is 0 Å². The fourth-order valence-corrected chi connectivity index (χ4v) is 2.62. The van der Waals surface area contributed by atoms with Gasteiger partial charge in [-0.1, -0.05) is 15.9 Å². The quantitative estimate of drug-likeness (QED) is 0.800. The van der Waals surface area contributed by atoms with Gasteiger partial charge in [-0.15, -0.1) is 0 Å². The molecule has 0 saturated carbocycles. The van der Waals surface area contributed by atoms with E-state index in [1.165, 1.54) is 23.5 Å². The average Bonchev–Trinajstić information content (AvgIpc) is 2.89. The van der Waals surface area contributed by atoms with Crippen LogP contribution in [0.1, 0.15) is 22.0 Å². The van der Waals surface area contributed by atoms with Crippen molar-refractivity contribution in [2.45, 2.75) is 6.10 Å². The summed E-state index contributed by atoms with van der Waals surface area (Å²) in [4.78, 5) is 11.9. The standard InChI is InChI=1S/C13H12BrNO3S/c14-9-1-2-10(11(16)5-9)13(18)15-6-12(17)8-3-4-19-7-8/h1-5,7,12,16-17H,6H2,(H,15,18). The van der Waals surface area contributed by atoms with Crippen molar-refractivity contribution in [1.29, 1.82) is 0 Å². The molecule has 1 heterocycles. The molecule has 6 heteroatoms. The first-order valence-corrected chi connectivity index (χ1v) is 7.28. The third-order valence-corrected chi connectivity index (χ3v) is 3.78. The molecule has 0 aliphatic carbocycles. The minimum atomic E-state index is -0.743. The zero-order valence-corrected chi connectivity index (χ0v) is 12.2. The van der Waals surface area contributed by atoms with Crippen molar-refractivity contribution < 1.29 is 15.0 Å². The lowest BCUT2D eigenvalue weighted by Crippen LogP contribution is -2.28. The van der Waals surface area contributed by atoms with E-state index in [4.69, 9.17) is 0 Å². The fourth-order valence-electron chi connectivity index (χ4n) is 1.56. The number of phenols is 1. The summed E-state index contributed by atoms with van der Waals surface area (Å²) in [5, 5.41) is 25.8. The molecule has 0 fully saturated rings. The highest BCUT2D eigenvalue weighted by molar-refractivity contribution is 9.10. The van der Waals surface area contributed by atoms with Crippen molar-refractivity contribution in [3.05, 3.63) is 50.6 Å². The van der Waals surface area contributed by atoms with Crippen LogP contribution in [0.15, 0.2) is 39.5 Å². The molecule has 1 atom stereocenters. The summed E-state index contributed by atoms with van der Waals surface area (Å²) in [5.74, 6) is -0.517. The van der Waals surface area contributed by atoms with Crippen LogP contribution in [-0.4, -0.2) is 22.7 Å². The molecule has 100 valence electrons. The molecule has 0 spiro atoms. The number of halogens is 1. The smallest absolute Gasteiger partial charge is 0.255 e. The third-order valence-electron chi connectivity index (χ3n) is 2.59. The van der Waals surface area contributed by atoms with E-state index in [-0.39, 0.29) is 17.9 Å². The predicted molar refractivity (Wildman–Crippen MR) is 77.4 cm³/mol. The number of amides is 1. The number of hydrogen-bond acceptors (Lipinski definition) is 4. The molecule has 2 rings (SSSR count). The molecule has 1 unspecified atom stereocenters. The van der Waals surface area contributed by atoms with E-state index in [1.807, 2.05) is 10.8 Å². The molecule has 0 aliphatic heterocycles. The second-order valence-corrected chi connectivity index (χ2v) is 5.64. The molecule has 0 radical (unpaired) electrons. The van der Waals surface area contributed by atoms with Crippen LogP contribution in [0.25, 0.3) is 0 Å². The summed E-state index contributed by atoms with van der Waals surface area (Å²) in [6.45, 7) is 0.102. The van der Waals surface area contributed by atoms with Crippen LogP contribution in [0, 0.1) is 0 Å². The Morgan fingerprint density at radius 1 is 1.42 bits per heavy atom. The van der Waals surface area contributed by atoms with Gasteiger partial charge in [-0.05, 0) is 40.6 Å². The van der Waals surface area contributed by atoms with Crippen LogP contribution >= 0.6 is 27.3 Å². The van der Waals surface area contributed by atoms with Crippen molar-refractivity contribution in [3.8, 4) is 5.75 Å². The predicted octanol–water partition coefficient (Wildman–Crippen LogP) is 2.68. The van der Waals surface area contributed by atoms with Gasteiger partial charge in [0.05, 0.1) is 11.7 Å². The molecule has 1 amide bonds. The van der Waals surface area contributed by atoms with E-state index in [9.17, 15) is 15.0 Å². The second kappa shape index (κ2) is 6.18. The SMILES string of the molecule is O=C(NCC(O)c1ccsc1)c1ccc(Br)cc1O. The van der Waals surface area contributed by atoms with Crippen molar-refractivity contribution >= 4 is 33.2 Å². The van der Waals surface area contributed by atoms with E-state index < -0.39 is 12.0 Å². The molecule has 4 nitrogen and oxygen atoms in total. The Morgan fingerprint density at radius 2 is 2.21 bits per heavy atom. The molecule has 3 N–H and O–H groups in total. The molecule has 19 heavy (non-hydrogen) atoms. The van der Waals surface area contributed by atoms with E-state index in [0.29, 0.717) is 4.47 Å². The number of hydrogen-bond donors (Lipinski definition) is 3. The summed E-state index contributed by atoms with van der Waals surface area (Å²) in [7, 11) is 0. The lowest BCUT2D eigenvalue weighted by atomic mass is 10.1. The van der Waals surface area contributed by atoms with Gasteiger partial charge in [0.15, 0.2) is 0 Å². The summed E-state index contributed by atoms with van der Waals surface area (Å²) in [6, 6.07) is 6.44. The fraction of sp³-hybridized carbons (Fsp3) is 0.154. The van der Waals surface area contributed by atoms with Crippen molar-refractivity contribution in [1.82, 2.24) is 5.32 Å². The monoisotopic (exact) mass is 341 g/mol. The van der Waals surface area contributed by atoms with Gasteiger partial charge in [-0.2, -0.15) is 11.3 Å². The van der Waals surface area contributed by atoms with Crippen LogP contribution in [0.4, 0.5) is 0 Å². The Balaban J connectivity index is 1.98. The molecule has 0 saturated heterocycles. The van der Waals surface area contributed by atoms with Crippen LogP contribution < -0.4 is 5.32 Å². The summed E-state index contributed by atoms with van der Waals surface area (Å²) < 4.78 is 0.694. The van der Waals surface area contributed by atoms with Crippen LogP contribution in [0.2, 0.25) is 0 Å². The van der Waals surface area contributed by atoms with Crippen molar-refractivity contribution in [3.63, 3.8) is 0 Å². The highest BCUT2D eigenvalue weighted by Gasteiger charge is 2.14. The summed E-state index contributed by atoms with van der Waals surface area (Å²) >= 11 is 4.69. The Morgan fingerprint density at radius 3 is 2.84 bits per heavy atom. The van der Waals surface area contributed by atoms with Gasteiger partial charge in [0.25, 0.3) is 5.91 Å². The maximum Gasteiger partial charge on any atom is 0.255 e. The normalized spacial score (nSPS) is 12.1. The minimum absolute atomic E-state index is 0.100. The minimum Gasteiger partial charge on any atom is -0.507 e. The van der Waals surface area contributed by atoms with Gasteiger partial charge in [0.1, 0.15) is 5.75 Å². The zero-order chi connectivity index (χ0) is 13.8. The zero-order valence-electron chi connectivity index (χ0n) is 9.84. The van der Waals surface area contributed by atoms with E-state index >= 15 is 0 Å². The number of thiophene rings is 1. The highest BCUT2D eigenvalue weighted by atomic mass is 79.9. The number of phenolic OH excluding ortho intramolecular Hbond substituents is 1. The van der Waals surface area contributed by atoms with Gasteiger partial charge >= 0.3 is 0 Å². The van der Waals surface area contributed by atoms with Crippen LogP contribution in [0.5, 0.6) is 5.75 Å². The number of aromatic hydroxyl groups is 1. The molecule has 0 aliphatic rings. The highest BCUT2D eigenvalue weighted by Crippen LogP contribution is 2.22. The molecular formula is C13H12BrNO3S. The van der Waals surface area contributed by atoms with E-state index in [1.54, 1.807) is 12.1 Å². The summed E-state index contributed by atoms with van der Waals surface area (Å²) in [5.41, 5.74) is 0.950. The largest absolute Gasteiger partial charge is 0.507 e. The molecule has 1 aromatic heterocycles. The number of rotatable bonds is 4. The van der Waals surface area contributed by atoms with Gasteiger partial charge in [-0.25, -0.2) is 0 Å². The lowest BCUT2D eigenvalue weighted by Gasteiger charge is -2.11. The molecule has 0 bridgehead atoms. The van der Waals surface area contributed by atoms with E-state index in [2.05, 4.69) is 21.2 Å². The Kier molecular flexibility index (Phi) is 4.57. The second-order valence-electron chi connectivity index (χ2n) is 3.94. The molecule has 1 aromatic carbocycles. The Labute approximate surface area is 122 Å². The first kappa shape index (κ1) is 14.0. The lowest BCUT2D eigenvalue weighted by molar-refractivity contribution is 0.0914. The first-order valence-electron chi connectivity index (χ1n) is 5.55. The number of nitrogens with one attached hydrogen (secondary N) is 1. The summed E-state index contributed by atoms with van der Waals surface area (Å²) in [6.07, 6.45) is -0.743. The maximum atomic E-state index is 11.9. The number of carbonyl (C=O) groups is 1. The number of benzene rings is 1. The topological polar surface area (TPSA) is 69.6 Å². The first-order chi connectivity index (χ1) is 9.08. The molecular weight excluding hydrogens is 330 g/mol. The van der Waals surface area contributed by atoms with Gasteiger partial charge in [0.2, 0.25) is 0 Å². The van der Waals surface area contributed by atoms with Gasteiger partial charge in [0, 0.05) is 11.0 Å². The average molecular weight is 342 g/mol. The van der Waals surface area contributed by atoms with Crippen molar-refractivity contribution in [2.24, 2.45) is 0 Å². The number of carbonyl (C=O) groups excluding carboxylic acids is 1. The third kappa shape index (κ3) is 3.56. The number of aliphatic hydroxyl groups is 1. The van der Waals surface area contributed by atoms with Crippen molar-refractivity contribution in [2.75, 3.05) is 6.54 Å². The van der Waals surface area contributed by atoms with Gasteiger partial charge in [-0.3, -0.25) is 4.79 Å². The molecule has 2 aromatic rings. The maximum absolute atomic E-state index is 11.9. The van der Waals surface area contributed by atoms with Gasteiger partial charge < -0.3 is 15.5 Å².